The monoisotopic (exact) mass is 549 g/mol. The van der Waals surface area contributed by atoms with E-state index >= 15 is 0 Å². The van der Waals surface area contributed by atoms with E-state index in [1.807, 2.05) is 60.7 Å². The summed E-state index contributed by atoms with van der Waals surface area (Å²) in [7, 11) is 0. The number of nitrogens with two attached hydrogens (primary N) is 2. The van der Waals surface area contributed by atoms with Crippen LogP contribution < -0.4 is 22.1 Å². The number of amides is 4. The molecule has 1 unspecified atom stereocenters. The Morgan fingerprint density at radius 2 is 1.48 bits per heavy atom. The summed E-state index contributed by atoms with van der Waals surface area (Å²) in [6, 6.07) is 17.6. The highest BCUT2D eigenvalue weighted by atomic mass is 16.2. The zero-order valence-corrected chi connectivity index (χ0v) is 22.3. The second kappa shape index (κ2) is 15.0. The van der Waals surface area contributed by atoms with Crippen molar-refractivity contribution >= 4 is 35.4 Å². The number of piperazine rings is 1. The lowest BCUT2D eigenvalue weighted by Gasteiger charge is -2.33. The van der Waals surface area contributed by atoms with Gasteiger partial charge in [0.15, 0.2) is 5.96 Å². The summed E-state index contributed by atoms with van der Waals surface area (Å²) < 4.78 is 0. The number of guanidine groups is 1. The highest BCUT2D eigenvalue weighted by Crippen LogP contribution is 2.11. The zero-order valence-electron chi connectivity index (χ0n) is 22.3. The lowest BCUT2D eigenvalue weighted by molar-refractivity contribution is -0.152. The Hall–Kier alpha value is -4.74. The van der Waals surface area contributed by atoms with Gasteiger partial charge < -0.3 is 31.9 Å². The molecule has 212 valence electrons. The number of aliphatic imine (C=N–C) groups is 1. The number of hydrogen-bond donors (Lipinski definition) is 4. The first kappa shape index (κ1) is 29.8. The van der Waals surface area contributed by atoms with Gasteiger partial charge in [-0.2, -0.15) is 0 Å². The summed E-state index contributed by atoms with van der Waals surface area (Å²) in [5.41, 5.74) is 12.6. The fourth-order valence-electron chi connectivity index (χ4n) is 4.19. The Bertz CT molecular complexity index is 1220. The van der Waals surface area contributed by atoms with Crippen molar-refractivity contribution in [1.29, 1.82) is 0 Å². The van der Waals surface area contributed by atoms with E-state index in [1.165, 1.54) is 4.90 Å². The molecule has 0 radical (unpaired) electrons. The molecule has 4 amide bonds. The van der Waals surface area contributed by atoms with Crippen LogP contribution in [0.3, 0.4) is 0 Å². The second-order valence-corrected chi connectivity index (χ2v) is 9.41. The number of benzene rings is 2. The number of hydrogen-bond acceptors (Lipinski definition) is 6. The average molecular weight is 550 g/mol. The predicted molar refractivity (Wildman–Crippen MR) is 148 cm³/mol. The van der Waals surface area contributed by atoms with E-state index in [0.717, 1.165) is 16.0 Å². The van der Waals surface area contributed by atoms with Crippen LogP contribution >= 0.6 is 0 Å². The van der Waals surface area contributed by atoms with Crippen LogP contribution in [-0.4, -0.2) is 83.9 Å². The summed E-state index contributed by atoms with van der Waals surface area (Å²) in [5, 5.41) is 5.14. The van der Waals surface area contributed by atoms with E-state index in [0.29, 0.717) is 12.8 Å². The first-order valence-corrected chi connectivity index (χ1v) is 13.0. The molecule has 0 spiro atoms. The van der Waals surface area contributed by atoms with Gasteiger partial charge in [-0.05, 0) is 30.4 Å². The molecule has 0 saturated carbocycles. The Labute approximate surface area is 232 Å². The lowest BCUT2D eigenvalue weighted by atomic mass is 10.1. The van der Waals surface area contributed by atoms with E-state index in [2.05, 4.69) is 15.6 Å². The van der Waals surface area contributed by atoms with E-state index < -0.39 is 30.2 Å². The van der Waals surface area contributed by atoms with Crippen LogP contribution in [0.15, 0.2) is 65.7 Å². The molecule has 6 N–H and O–H groups in total. The van der Waals surface area contributed by atoms with Gasteiger partial charge in [0.1, 0.15) is 19.6 Å². The maximum Gasteiger partial charge on any atom is 0.289 e. The molecule has 1 atom stereocenters. The number of ketones is 1. The van der Waals surface area contributed by atoms with Gasteiger partial charge in [-0.25, -0.2) is 0 Å². The third-order valence-electron chi connectivity index (χ3n) is 6.27. The molecule has 3 rings (SSSR count). The largest absolute Gasteiger partial charge is 0.370 e. The van der Waals surface area contributed by atoms with Crippen LogP contribution in [0.1, 0.15) is 24.0 Å². The molecule has 2 aromatic carbocycles. The molecule has 12 nitrogen and oxygen atoms in total. The average Bonchev–Trinajstić information content (AvgIpc) is 2.93. The summed E-state index contributed by atoms with van der Waals surface area (Å²) in [5.74, 6) is -3.10. The minimum Gasteiger partial charge on any atom is -0.370 e. The molecule has 0 bridgehead atoms. The van der Waals surface area contributed by atoms with Crippen molar-refractivity contribution in [2.24, 2.45) is 16.5 Å². The van der Waals surface area contributed by atoms with E-state index in [1.54, 1.807) is 0 Å². The molecule has 0 aromatic heterocycles. The minimum atomic E-state index is -1.15. The molecule has 2 aromatic rings. The number of Topliss-reactive ketones (excluding diaryl/α,β-unsaturated/α-hetero) is 1. The van der Waals surface area contributed by atoms with E-state index in [4.69, 9.17) is 11.5 Å². The van der Waals surface area contributed by atoms with Gasteiger partial charge >= 0.3 is 0 Å². The summed E-state index contributed by atoms with van der Waals surface area (Å²) >= 11 is 0. The number of nitrogens with one attached hydrogen (secondary N) is 2. The Morgan fingerprint density at radius 1 is 0.875 bits per heavy atom. The number of carbonyl (C=O) groups excluding carboxylic acids is 5. The van der Waals surface area contributed by atoms with Crippen molar-refractivity contribution in [3.05, 3.63) is 71.8 Å². The highest BCUT2D eigenvalue weighted by Gasteiger charge is 2.32. The highest BCUT2D eigenvalue weighted by molar-refractivity contribution is 6.38. The van der Waals surface area contributed by atoms with Crippen LogP contribution in [0.25, 0.3) is 0 Å². The quantitative estimate of drug-likeness (QED) is 0.104. The van der Waals surface area contributed by atoms with Gasteiger partial charge in [-0.15, -0.1) is 0 Å². The SMILES string of the molecule is NC(N)=NCCCC(NC(=O)CN1CC(=O)N(Cc2ccccc2)CC1=O)C(=O)C(=O)NCCc1ccccc1. The van der Waals surface area contributed by atoms with Gasteiger partial charge in [0.05, 0.1) is 6.04 Å². The maximum atomic E-state index is 12.9. The van der Waals surface area contributed by atoms with Crippen molar-refractivity contribution in [2.45, 2.75) is 31.8 Å². The standard InChI is InChI=1S/C28H35N7O5/c29-28(30)32-14-7-12-22(26(39)27(40)31-15-13-20-8-3-1-4-9-20)33-23(36)17-35-19-24(37)34(18-25(35)38)16-21-10-5-2-6-11-21/h1-6,8-11,22H,7,12-19H2,(H,31,40)(H,33,36)(H4,29,30,32). The van der Waals surface area contributed by atoms with E-state index in [-0.39, 0.29) is 56.9 Å². The third kappa shape index (κ3) is 9.53. The molecule has 12 heteroatoms. The molecule has 1 fully saturated rings. The fourth-order valence-corrected chi connectivity index (χ4v) is 4.19. The topological polar surface area (TPSA) is 180 Å². The van der Waals surface area contributed by atoms with Crippen LogP contribution in [0.4, 0.5) is 0 Å². The van der Waals surface area contributed by atoms with Gasteiger partial charge in [0.25, 0.3) is 5.91 Å². The Balaban J connectivity index is 1.55. The predicted octanol–water partition coefficient (Wildman–Crippen LogP) is -0.676. The van der Waals surface area contributed by atoms with Crippen LogP contribution in [-0.2, 0) is 36.9 Å². The second-order valence-electron chi connectivity index (χ2n) is 9.41. The van der Waals surface area contributed by atoms with Crippen molar-refractivity contribution in [3.8, 4) is 0 Å². The third-order valence-corrected chi connectivity index (χ3v) is 6.27. The molecular weight excluding hydrogens is 514 g/mol. The summed E-state index contributed by atoms with van der Waals surface area (Å²) in [6.45, 7) is -0.108. The fraction of sp³-hybridized carbons (Fsp3) is 0.357. The first-order valence-electron chi connectivity index (χ1n) is 13.0. The molecule has 0 aliphatic carbocycles. The zero-order chi connectivity index (χ0) is 28.9. The van der Waals surface area contributed by atoms with Gasteiger partial charge in [-0.1, -0.05) is 60.7 Å². The number of carbonyl (C=O) groups is 5. The summed E-state index contributed by atoms with van der Waals surface area (Å²) in [6.07, 6.45) is 0.959. The van der Waals surface area contributed by atoms with Crippen LogP contribution in [0, 0.1) is 0 Å². The molecule has 1 aliphatic heterocycles. The van der Waals surface area contributed by atoms with Crippen molar-refractivity contribution in [3.63, 3.8) is 0 Å². The summed E-state index contributed by atoms with van der Waals surface area (Å²) in [4.78, 5) is 70.1. The minimum absolute atomic E-state index is 0.102. The maximum absolute atomic E-state index is 12.9. The van der Waals surface area contributed by atoms with Crippen LogP contribution in [0.2, 0.25) is 0 Å². The van der Waals surface area contributed by atoms with E-state index in [9.17, 15) is 24.0 Å². The molecule has 1 heterocycles. The van der Waals surface area contributed by atoms with Crippen molar-refractivity contribution in [2.75, 3.05) is 32.7 Å². The lowest BCUT2D eigenvalue weighted by Crippen LogP contribution is -2.57. The first-order chi connectivity index (χ1) is 19.2. The molecule has 1 aliphatic rings. The molecular formula is C28H35N7O5. The number of rotatable bonds is 14. The normalized spacial score (nSPS) is 13.9. The Morgan fingerprint density at radius 3 is 2.12 bits per heavy atom. The number of nitrogens with zero attached hydrogens (tertiary/aromatic N) is 3. The van der Waals surface area contributed by atoms with Crippen molar-refractivity contribution in [1.82, 2.24) is 20.4 Å². The van der Waals surface area contributed by atoms with Crippen LogP contribution in [0.5, 0.6) is 0 Å². The molecule has 1 saturated heterocycles. The van der Waals surface area contributed by atoms with Gasteiger partial charge in [0.2, 0.25) is 23.5 Å². The Kier molecular flexibility index (Phi) is 11.2. The smallest absolute Gasteiger partial charge is 0.289 e. The van der Waals surface area contributed by atoms with Gasteiger partial charge in [0, 0.05) is 19.6 Å². The molecule has 40 heavy (non-hydrogen) atoms. The van der Waals surface area contributed by atoms with Crippen molar-refractivity contribution < 1.29 is 24.0 Å². The van der Waals surface area contributed by atoms with Gasteiger partial charge in [-0.3, -0.25) is 29.0 Å².